The van der Waals surface area contributed by atoms with Gasteiger partial charge >= 0.3 is 0 Å². The highest BCUT2D eigenvalue weighted by Crippen LogP contribution is 2.21. The van der Waals surface area contributed by atoms with Crippen LogP contribution in [0, 0.1) is 0 Å². The van der Waals surface area contributed by atoms with E-state index in [1.165, 1.54) is 13.1 Å². The molecule has 2 aromatic carbocycles. The van der Waals surface area contributed by atoms with Crippen molar-refractivity contribution in [3.8, 4) is 22.4 Å². The third-order valence-electron chi connectivity index (χ3n) is 6.99. The fourth-order valence-electron chi connectivity index (χ4n) is 4.57. The molecule has 0 atom stereocenters. The van der Waals surface area contributed by atoms with Crippen molar-refractivity contribution < 1.29 is 4.79 Å². The SMILES string of the molecule is CCNC(=O)c1ccc(-c2cn3cc(-c4ccc(CNCCCN=C(N)N)cc4)c(=O)[nH]c3n2)cc1.CN1CCNCC1. The molecule has 5 rings (SSSR count). The molecule has 0 unspecified atom stereocenters. The third kappa shape index (κ3) is 9.23. The number of benzene rings is 2. The number of likely N-dealkylation sites (N-methyl/N-ethyl adjacent to an activating group) is 1. The number of piperazine rings is 1. The number of nitrogens with zero attached hydrogens (tertiary/aromatic N) is 4. The number of aromatic nitrogens is 3. The topological polar surface area (TPSA) is 171 Å². The zero-order valence-electron chi connectivity index (χ0n) is 24.9. The van der Waals surface area contributed by atoms with Gasteiger partial charge < -0.3 is 32.3 Å². The summed E-state index contributed by atoms with van der Waals surface area (Å²) in [5, 5.41) is 9.41. The number of rotatable bonds is 10. The molecule has 0 saturated carbocycles. The molecule has 1 saturated heterocycles. The normalized spacial score (nSPS) is 13.3. The summed E-state index contributed by atoms with van der Waals surface area (Å²) in [6.45, 7) is 9.30. The maximum absolute atomic E-state index is 12.8. The van der Waals surface area contributed by atoms with E-state index in [9.17, 15) is 9.59 Å². The van der Waals surface area contributed by atoms with Gasteiger partial charge in [-0.25, -0.2) is 4.98 Å². The summed E-state index contributed by atoms with van der Waals surface area (Å²) in [6, 6.07) is 15.1. The van der Waals surface area contributed by atoms with Crippen molar-refractivity contribution >= 4 is 17.6 Å². The molecule has 0 aliphatic carbocycles. The van der Waals surface area contributed by atoms with Crippen LogP contribution in [0.2, 0.25) is 0 Å². The second kappa shape index (κ2) is 15.6. The van der Waals surface area contributed by atoms with Gasteiger partial charge in [0.05, 0.1) is 11.3 Å². The number of fused-ring (bicyclic) bond motifs is 1. The van der Waals surface area contributed by atoms with Crippen molar-refractivity contribution in [2.75, 3.05) is 52.9 Å². The number of hydrogen-bond donors (Lipinski definition) is 6. The second-order valence-corrected chi connectivity index (χ2v) is 10.4. The molecule has 1 fully saturated rings. The van der Waals surface area contributed by atoms with Crippen molar-refractivity contribution in [1.29, 1.82) is 0 Å². The van der Waals surface area contributed by atoms with Gasteiger partial charge in [0.2, 0.25) is 5.78 Å². The number of nitrogens with two attached hydrogens (primary N) is 2. The zero-order chi connectivity index (χ0) is 30.6. The van der Waals surface area contributed by atoms with E-state index in [1.54, 1.807) is 22.7 Å². The minimum Gasteiger partial charge on any atom is -0.370 e. The first-order valence-corrected chi connectivity index (χ1v) is 14.6. The number of aromatic amines is 1. The lowest BCUT2D eigenvalue weighted by molar-refractivity contribution is 0.0956. The molecule has 43 heavy (non-hydrogen) atoms. The summed E-state index contributed by atoms with van der Waals surface area (Å²) in [6.07, 6.45) is 4.48. The number of H-pyrrole nitrogens is 1. The Morgan fingerprint density at radius 1 is 1.02 bits per heavy atom. The van der Waals surface area contributed by atoms with E-state index >= 15 is 0 Å². The van der Waals surface area contributed by atoms with E-state index in [2.05, 4.69) is 42.9 Å². The molecule has 0 spiro atoms. The molecule has 0 bridgehead atoms. The Balaban J connectivity index is 0.000000530. The molecule has 1 amide bonds. The predicted octanol–water partition coefficient (Wildman–Crippen LogP) is 1.38. The van der Waals surface area contributed by atoms with Gasteiger partial charge in [0.1, 0.15) is 0 Å². The van der Waals surface area contributed by atoms with Crippen LogP contribution < -0.4 is 33.0 Å². The number of nitrogens with one attached hydrogen (secondary N) is 4. The molecule has 228 valence electrons. The quantitative estimate of drug-likeness (QED) is 0.0919. The van der Waals surface area contributed by atoms with Gasteiger partial charge in [-0.3, -0.25) is 24.0 Å². The number of guanidine groups is 1. The van der Waals surface area contributed by atoms with Crippen molar-refractivity contribution in [2.45, 2.75) is 19.9 Å². The number of aliphatic imine (C=N–C) groups is 1. The average molecular weight is 587 g/mol. The van der Waals surface area contributed by atoms with Crippen molar-refractivity contribution in [2.24, 2.45) is 16.5 Å². The number of carbonyl (C=O) groups excluding carboxylic acids is 1. The number of hydrogen-bond acceptors (Lipinski definition) is 7. The lowest BCUT2D eigenvalue weighted by atomic mass is 10.1. The molecule has 1 aliphatic heterocycles. The van der Waals surface area contributed by atoms with Crippen LogP contribution in [-0.2, 0) is 6.54 Å². The Labute approximate surface area is 251 Å². The van der Waals surface area contributed by atoms with E-state index < -0.39 is 0 Å². The van der Waals surface area contributed by atoms with Gasteiger partial charge in [-0.1, -0.05) is 36.4 Å². The fourth-order valence-corrected chi connectivity index (χ4v) is 4.57. The Morgan fingerprint density at radius 2 is 1.72 bits per heavy atom. The summed E-state index contributed by atoms with van der Waals surface area (Å²) in [5.41, 5.74) is 15.0. The van der Waals surface area contributed by atoms with Crippen LogP contribution in [0.1, 0.15) is 29.3 Å². The fraction of sp³-hybridized carbons (Fsp3) is 0.355. The van der Waals surface area contributed by atoms with Gasteiger partial charge in [-0.2, -0.15) is 0 Å². The summed E-state index contributed by atoms with van der Waals surface area (Å²) in [7, 11) is 2.15. The molecule has 12 nitrogen and oxygen atoms in total. The van der Waals surface area contributed by atoms with Crippen molar-refractivity contribution in [3.63, 3.8) is 0 Å². The van der Waals surface area contributed by atoms with E-state index in [0.717, 1.165) is 42.7 Å². The first-order valence-electron chi connectivity index (χ1n) is 14.6. The molecule has 0 radical (unpaired) electrons. The highest BCUT2D eigenvalue weighted by atomic mass is 16.1. The zero-order valence-corrected chi connectivity index (χ0v) is 24.9. The van der Waals surface area contributed by atoms with E-state index in [4.69, 9.17) is 11.5 Å². The minimum absolute atomic E-state index is 0.109. The predicted molar refractivity (Wildman–Crippen MR) is 172 cm³/mol. The Hall–Kier alpha value is -4.52. The maximum Gasteiger partial charge on any atom is 0.260 e. The van der Waals surface area contributed by atoms with Crippen LogP contribution in [0.3, 0.4) is 0 Å². The maximum atomic E-state index is 12.8. The van der Waals surface area contributed by atoms with Crippen LogP contribution >= 0.6 is 0 Å². The Morgan fingerprint density at radius 3 is 2.35 bits per heavy atom. The highest BCUT2D eigenvalue weighted by Gasteiger charge is 2.11. The number of amides is 1. The van der Waals surface area contributed by atoms with Crippen LogP contribution in [0.15, 0.2) is 70.7 Å². The summed E-state index contributed by atoms with van der Waals surface area (Å²) in [5.74, 6) is 0.448. The molecule has 2 aromatic heterocycles. The smallest absolute Gasteiger partial charge is 0.260 e. The van der Waals surface area contributed by atoms with Gasteiger partial charge in [0.25, 0.3) is 11.5 Å². The lowest BCUT2D eigenvalue weighted by Gasteiger charge is -2.21. The first kappa shape index (κ1) is 31.4. The van der Waals surface area contributed by atoms with E-state index in [0.29, 0.717) is 42.2 Å². The van der Waals surface area contributed by atoms with Crippen LogP contribution in [0.5, 0.6) is 0 Å². The monoisotopic (exact) mass is 586 g/mol. The van der Waals surface area contributed by atoms with Gasteiger partial charge in [-0.05, 0) is 50.2 Å². The second-order valence-electron chi connectivity index (χ2n) is 10.4. The molecule has 3 heterocycles. The van der Waals surface area contributed by atoms with Gasteiger partial charge in [-0.15, -0.1) is 0 Å². The standard InChI is InChI=1S/C26H30N8O2.C5H12N2/c1-2-30-23(35)20-10-8-19(9-11-20)22-16-34-15-21(24(36)33-26(34)32-22)18-6-4-17(5-7-18)14-29-12-3-13-31-25(27)28;1-7-4-2-6-3-5-7/h4-11,15-16,29H,2-3,12-14H2,1H3,(H,30,35)(H4,27,28,31)(H,32,33,36);6H,2-5H2,1H3. The molecule has 4 aromatic rings. The van der Waals surface area contributed by atoms with Gasteiger partial charge in [0, 0.05) is 69.3 Å². The summed E-state index contributed by atoms with van der Waals surface area (Å²) < 4.78 is 1.80. The Kier molecular flexibility index (Phi) is 11.4. The lowest BCUT2D eigenvalue weighted by Crippen LogP contribution is -2.40. The van der Waals surface area contributed by atoms with Crippen LogP contribution in [-0.4, -0.2) is 84.0 Å². The molecular formula is C31H42N10O2. The summed E-state index contributed by atoms with van der Waals surface area (Å²) >= 11 is 0. The highest BCUT2D eigenvalue weighted by molar-refractivity contribution is 5.94. The largest absolute Gasteiger partial charge is 0.370 e. The third-order valence-corrected chi connectivity index (χ3v) is 6.99. The van der Waals surface area contributed by atoms with Crippen molar-refractivity contribution in [1.82, 2.24) is 35.2 Å². The Bertz CT molecular complexity index is 1550. The minimum atomic E-state index is -0.211. The van der Waals surface area contributed by atoms with Crippen LogP contribution in [0.25, 0.3) is 28.2 Å². The number of imidazole rings is 1. The molecule has 1 aliphatic rings. The molecular weight excluding hydrogens is 544 g/mol. The summed E-state index contributed by atoms with van der Waals surface area (Å²) in [4.78, 5) is 38.5. The van der Waals surface area contributed by atoms with Crippen LogP contribution in [0.4, 0.5) is 0 Å². The van der Waals surface area contributed by atoms with E-state index in [1.807, 2.05) is 49.5 Å². The number of carbonyl (C=O) groups is 1. The van der Waals surface area contributed by atoms with Gasteiger partial charge in [0.15, 0.2) is 5.96 Å². The first-order chi connectivity index (χ1) is 20.8. The van der Waals surface area contributed by atoms with Crippen molar-refractivity contribution in [3.05, 3.63) is 82.4 Å². The van der Waals surface area contributed by atoms with E-state index in [-0.39, 0.29) is 17.4 Å². The average Bonchev–Trinajstić information content (AvgIpc) is 3.42. The molecule has 8 N–H and O–H groups in total. The molecule has 12 heteroatoms.